The Hall–Kier alpha value is -1.86. The molecule has 1 aliphatic carbocycles. The Morgan fingerprint density at radius 1 is 1.48 bits per heavy atom. The van der Waals surface area contributed by atoms with E-state index in [0.717, 1.165) is 12.8 Å². The molecule has 1 amide bonds. The van der Waals surface area contributed by atoms with E-state index in [2.05, 4.69) is 31.0 Å². The van der Waals surface area contributed by atoms with E-state index in [1.54, 1.807) is 6.07 Å². The fourth-order valence-corrected chi connectivity index (χ4v) is 2.40. The van der Waals surface area contributed by atoms with Gasteiger partial charge in [-0.25, -0.2) is 4.39 Å². The van der Waals surface area contributed by atoms with Crippen LogP contribution in [0.5, 0.6) is 0 Å². The second-order valence-corrected chi connectivity index (χ2v) is 5.90. The van der Waals surface area contributed by atoms with Gasteiger partial charge in [0.15, 0.2) is 0 Å². The molecule has 2 rings (SSSR count). The van der Waals surface area contributed by atoms with Crippen molar-refractivity contribution in [3.8, 4) is 11.8 Å². The first-order valence-corrected chi connectivity index (χ1v) is 7.25. The summed E-state index contributed by atoms with van der Waals surface area (Å²) in [4.78, 5) is 12.2. The molecule has 4 heteroatoms. The summed E-state index contributed by atoms with van der Waals surface area (Å²) in [6.45, 7) is 5.14. The van der Waals surface area contributed by atoms with Crippen molar-refractivity contribution in [1.29, 1.82) is 0 Å². The number of nitrogens with two attached hydrogens (primary N) is 1. The number of benzene rings is 1. The molecular weight excluding hydrogens is 267 g/mol. The summed E-state index contributed by atoms with van der Waals surface area (Å²) < 4.78 is 13.8. The zero-order valence-electron chi connectivity index (χ0n) is 12.5. The van der Waals surface area contributed by atoms with Gasteiger partial charge in [-0.1, -0.05) is 25.7 Å². The second kappa shape index (κ2) is 6.28. The van der Waals surface area contributed by atoms with Gasteiger partial charge in [-0.2, -0.15) is 0 Å². The first kappa shape index (κ1) is 15.5. The van der Waals surface area contributed by atoms with Crippen LogP contribution in [0.1, 0.15) is 42.6 Å². The molecular formula is C17H21FN2O. The van der Waals surface area contributed by atoms with Crippen LogP contribution in [0.25, 0.3) is 0 Å². The lowest BCUT2D eigenvalue weighted by atomic mass is 9.92. The van der Waals surface area contributed by atoms with Crippen LogP contribution in [0.2, 0.25) is 0 Å². The molecule has 0 atom stereocenters. The van der Waals surface area contributed by atoms with Gasteiger partial charge in [-0.3, -0.25) is 4.79 Å². The second-order valence-electron chi connectivity index (χ2n) is 5.90. The van der Waals surface area contributed by atoms with Gasteiger partial charge >= 0.3 is 0 Å². The van der Waals surface area contributed by atoms with Crippen LogP contribution in [-0.2, 0) is 0 Å². The lowest BCUT2D eigenvalue weighted by Gasteiger charge is -2.20. The van der Waals surface area contributed by atoms with Crippen LogP contribution in [0.3, 0.4) is 0 Å². The molecule has 3 N–H and O–H groups in total. The monoisotopic (exact) mass is 288 g/mol. The largest absolute Gasteiger partial charge is 0.351 e. The third-order valence-electron chi connectivity index (χ3n) is 4.26. The van der Waals surface area contributed by atoms with Crippen molar-refractivity contribution in [3.63, 3.8) is 0 Å². The molecule has 0 radical (unpaired) electrons. The Kier molecular flexibility index (Phi) is 4.64. The highest BCUT2D eigenvalue weighted by molar-refractivity contribution is 5.94. The highest BCUT2D eigenvalue weighted by atomic mass is 19.1. The summed E-state index contributed by atoms with van der Waals surface area (Å²) in [5.41, 5.74) is 6.14. The van der Waals surface area contributed by atoms with Gasteiger partial charge in [0.25, 0.3) is 5.91 Å². The van der Waals surface area contributed by atoms with E-state index in [0.29, 0.717) is 18.0 Å². The Balaban J connectivity index is 2.08. The van der Waals surface area contributed by atoms with E-state index in [4.69, 9.17) is 5.73 Å². The Labute approximate surface area is 125 Å². The minimum absolute atomic E-state index is 0.0402. The maximum Gasteiger partial charge on any atom is 0.254 e. The minimum Gasteiger partial charge on any atom is -0.351 e. The Morgan fingerprint density at radius 3 is 2.76 bits per heavy atom. The fraction of sp³-hybridized carbons (Fsp3) is 0.471. The van der Waals surface area contributed by atoms with Gasteiger partial charge in [0.05, 0.1) is 12.1 Å². The molecule has 1 aromatic carbocycles. The average Bonchev–Trinajstić information content (AvgIpc) is 3.25. The van der Waals surface area contributed by atoms with Gasteiger partial charge in [0.1, 0.15) is 5.82 Å². The molecule has 1 aliphatic rings. The molecule has 21 heavy (non-hydrogen) atoms. The molecule has 1 aromatic rings. The fourth-order valence-electron chi connectivity index (χ4n) is 2.40. The highest BCUT2D eigenvalue weighted by Gasteiger charge is 2.45. The van der Waals surface area contributed by atoms with Gasteiger partial charge in [0.2, 0.25) is 0 Å². The van der Waals surface area contributed by atoms with Crippen LogP contribution in [0.15, 0.2) is 18.2 Å². The summed E-state index contributed by atoms with van der Waals surface area (Å²) >= 11 is 0. The topological polar surface area (TPSA) is 55.1 Å². The van der Waals surface area contributed by atoms with Crippen LogP contribution in [0.4, 0.5) is 4.39 Å². The van der Waals surface area contributed by atoms with E-state index in [9.17, 15) is 9.18 Å². The molecule has 1 fully saturated rings. The van der Waals surface area contributed by atoms with E-state index in [1.807, 2.05) is 0 Å². The van der Waals surface area contributed by atoms with E-state index in [1.165, 1.54) is 12.1 Å². The molecule has 3 nitrogen and oxygen atoms in total. The Bertz CT molecular complexity index is 595. The molecule has 0 aliphatic heterocycles. The molecule has 0 aromatic heterocycles. The zero-order chi connectivity index (χ0) is 15.5. The zero-order valence-corrected chi connectivity index (χ0v) is 12.5. The lowest BCUT2D eigenvalue weighted by Crippen LogP contribution is -2.33. The van der Waals surface area contributed by atoms with Crippen molar-refractivity contribution in [2.24, 2.45) is 17.1 Å². The quantitative estimate of drug-likeness (QED) is 0.835. The van der Waals surface area contributed by atoms with Crippen molar-refractivity contribution >= 4 is 5.91 Å². The van der Waals surface area contributed by atoms with Crippen molar-refractivity contribution in [1.82, 2.24) is 5.32 Å². The molecule has 0 heterocycles. The normalized spacial score (nSPS) is 15.3. The number of hydrogen-bond donors (Lipinski definition) is 2. The molecule has 1 saturated carbocycles. The number of nitrogens with one attached hydrogen (secondary N) is 1. The first-order chi connectivity index (χ1) is 9.98. The van der Waals surface area contributed by atoms with Gasteiger partial charge < -0.3 is 11.1 Å². The maximum absolute atomic E-state index is 13.8. The van der Waals surface area contributed by atoms with E-state index < -0.39 is 5.82 Å². The third kappa shape index (κ3) is 3.62. The smallest absolute Gasteiger partial charge is 0.254 e. The lowest BCUT2D eigenvalue weighted by molar-refractivity contribution is 0.0935. The number of rotatable bonds is 4. The van der Waals surface area contributed by atoms with Gasteiger partial charge in [-0.15, -0.1) is 0 Å². The number of carbonyl (C=O) groups excluding carboxylic acids is 1. The van der Waals surface area contributed by atoms with Crippen molar-refractivity contribution in [2.75, 3.05) is 13.1 Å². The van der Waals surface area contributed by atoms with Crippen molar-refractivity contribution in [3.05, 3.63) is 35.1 Å². The summed E-state index contributed by atoms with van der Waals surface area (Å²) in [6.07, 6.45) is 2.24. The van der Waals surface area contributed by atoms with Crippen LogP contribution >= 0.6 is 0 Å². The number of hydrogen-bond acceptors (Lipinski definition) is 2. The standard InChI is InChI=1S/C17H21FN2O/c1-12(2)17(7-8-17)11-20-16(21)14-10-13(4-3-9-19)5-6-15(14)18/h5-6,10,12H,7-9,11,19H2,1-2H3,(H,20,21). The highest BCUT2D eigenvalue weighted by Crippen LogP contribution is 2.51. The number of carbonyl (C=O) groups is 1. The van der Waals surface area contributed by atoms with E-state index in [-0.39, 0.29) is 23.4 Å². The predicted molar refractivity (Wildman–Crippen MR) is 81.2 cm³/mol. The van der Waals surface area contributed by atoms with E-state index >= 15 is 0 Å². The van der Waals surface area contributed by atoms with Crippen LogP contribution < -0.4 is 11.1 Å². The number of halogens is 1. The van der Waals surface area contributed by atoms with Crippen molar-refractivity contribution < 1.29 is 9.18 Å². The molecule has 0 bridgehead atoms. The maximum atomic E-state index is 13.8. The van der Waals surface area contributed by atoms with Gasteiger partial charge in [0, 0.05) is 12.1 Å². The average molecular weight is 288 g/mol. The first-order valence-electron chi connectivity index (χ1n) is 7.25. The summed E-state index contributed by atoms with van der Waals surface area (Å²) in [5.74, 6) is 5.11. The van der Waals surface area contributed by atoms with Crippen molar-refractivity contribution in [2.45, 2.75) is 26.7 Å². The van der Waals surface area contributed by atoms with Gasteiger partial charge in [-0.05, 0) is 42.4 Å². The SMILES string of the molecule is CC(C)C1(CNC(=O)c2cc(C#CCN)ccc2F)CC1. The third-order valence-corrected chi connectivity index (χ3v) is 4.26. The molecule has 0 unspecified atom stereocenters. The summed E-state index contributed by atoms with van der Waals surface area (Å²) in [7, 11) is 0. The summed E-state index contributed by atoms with van der Waals surface area (Å²) in [6, 6.07) is 4.29. The summed E-state index contributed by atoms with van der Waals surface area (Å²) in [5, 5.41) is 2.86. The minimum atomic E-state index is -0.528. The Morgan fingerprint density at radius 2 is 2.19 bits per heavy atom. The molecule has 0 spiro atoms. The predicted octanol–water partition coefficient (Wildman–Crippen LogP) is 2.30. The molecule has 0 saturated heterocycles. The van der Waals surface area contributed by atoms with Crippen LogP contribution in [-0.4, -0.2) is 19.0 Å². The van der Waals surface area contributed by atoms with Crippen LogP contribution in [0, 0.1) is 29.0 Å². The number of amides is 1. The molecule has 112 valence electrons.